The minimum Gasteiger partial charge on any atom is -0.368 e. The fourth-order valence-electron chi connectivity index (χ4n) is 2.95. The maximum absolute atomic E-state index is 12.7. The normalized spacial score (nSPS) is 14.5. The van der Waals surface area contributed by atoms with Crippen molar-refractivity contribution < 1.29 is 4.79 Å². The Morgan fingerprint density at radius 2 is 2.00 bits per heavy atom. The first kappa shape index (κ1) is 17.2. The third-order valence-corrected chi connectivity index (χ3v) is 4.34. The second-order valence-corrected chi connectivity index (χ2v) is 6.31. The highest BCUT2D eigenvalue weighted by atomic mass is 16.2. The Bertz CT molecular complexity index is 725. The summed E-state index contributed by atoms with van der Waals surface area (Å²) >= 11 is 0. The first-order valence-corrected chi connectivity index (χ1v) is 8.85. The number of piperazine rings is 1. The maximum atomic E-state index is 12.7. The van der Waals surface area contributed by atoms with Crippen LogP contribution in [0.1, 0.15) is 29.4 Å². The van der Waals surface area contributed by atoms with Gasteiger partial charge in [-0.2, -0.15) is 0 Å². The van der Waals surface area contributed by atoms with Gasteiger partial charge in [0.25, 0.3) is 5.91 Å². The number of carbonyl (C=O) groups is 1. The molecule has 1 fully saturated rings. The van der Waals surface area contributed by atoms with Gasteiger partial charge in [0.05, 0.1) is 0 Å². The van der Waals surface area contributed by atoms with Crippen molar-refractivity contribution in [2.45, 2.75) is 20.3 Å². The zero-order valence-electron chi connectivity index (χ0n) is 14.9. The number of anilines is 2. The monoisotopic (exact) mass is 339 g/mol. The van der Waals surface area contributed by atoms with Gasteiger partial charge in [0, 0.05) is 44.6 Å². The van der Waals surface area contributed by atoms with Crippen LogP contribution in [0.5, 0.6) is 0 Å². The Hall–Kier alpha value is -2.63. The summed E-state index contributed by atoms with van der Waals surface area (Å²) < 4.78 is 0. The predicted molar refractivity (Wildman–Crippen MR) is 100 cm³/mol. The standard InChI is InChI=1S/C19H25N5O/c1-3-8-20-19-21-9-7-17(22-19)18(25)24-12-10-23(11-13-24)16-6-4-5-15(2)14-16/h4-7,9,14H,3,8,10-13H2,1-2H3,(H,20,21,22). The molecule has 0 radical (unpaired) electrons. The fraction of sp³-hybridized carbons (Fsp3) is 0.421. The lowest BCUT2D eigenvalue weighted by Crippen LogP contribution is -2.49. The third-order valence-electron chi connectivity index (χ3n) is 4.34. The van der Waals surface area contributed by atoms with Gasteiger partial charge >= 0.3 is 0 Å². The molecule has 1 aromatic heterocycles. The number of benzene rings is 1. The van der Waals surface area contributed by atoms with Crippen LogP contribution in [0.4, 0.5) is 11.6 Å². The van der Waals surface area contributed by atoms with Gasteiger partial charge in [-0.25, -0.2) is 9.97 Å². The molecule has 0 bridgehead atoms. The van der Waals surface area contributed by atoms with E-state index >= 15 is 0 Å². The SMILES string of the molecule is CCCNc1nccc(C(=O)N2CCN(c3cccc(C)c3)CC2)n1. The molecule has 0 unspecified atom stereocenters. The molecule has 3 rings (SSSR count). The number of nitrogens with zero attached hydrogens (tertiary/aromatic N) is 4. The van der Waals surface area contributed by atoms with E-state index in [9.17, 15) is 4.79 Å². The molecule has 2 heterocycles. The topological polar surface area (TPSA) is 61.4 Å². The molecule has 2 aromatic rings. The molecular weight excluding hydrogens is 314 g/mol. The van der Waals surface area contributed by atoms with E-state index in [2.05, 4.69) is 58.3 Å². The molecule has 1 aliphatic rings. The Labute approximate surface area is 148 Å². The Morgan fingerprint density at radius 3 is 2.72 bits per heavy atom. The van der Waals surface area contributed by atoms with Crippen LogP contribution in [0.2, 0.25) is 0 Å². The van der Waals surface area contributed by atoms with Crippen LogP contribution < -0.4 is 10.2 Å². The van der Waals surface area contributed by atoms with Crippen LogP contribution in [0.15, 0.2) is 36.5 Å². The summed E-state index contributed by atoms with van der Waals surface area (Å²) in [6, 6.07) is 10.2. The number of amides is 1. The van der Waals surface area contributed by atoms with Crippen LogP contribution in [0, 0.1) is 6.92 Å². The van der Waals surface area contributed by atoms with E-state index in [4.69, 9.17) is 0 Å². The zero-order valence-corrected chi connectivity index (χ0v) is 14.9. The summed E-state index contributed by atoms with van der Waals surface area (Å²) in [7, 11) is 0. The molecule has 1 saturated heterocycles. The number of carbonyl (C=O) groups excluding carboxylic acids is 1. The van der Waals surface area contributed by atoms with Crippen molar-refractivity contribution in [3.63, 3.8) is 0 Å². The molecule has 1 aromatic carbocycles. The second kappa shape index (κ2) is 7.96. The van der Waals surface area contributed by atoms with Gasteiger partial charge < -0.3 is 15.1 Å². The van der Waals surface area contributed by atoms with Gasteiger partial charge in [-0.1, -0.05) is 19.1 Å². The molecule has 0 saturated carbocycles. The van der Waals surface area contributed by atoms with E-state index in [-0.39, 0.29) is 5.91 Å². The lowest BCUT2D eigenvalue weighted by atomic mass is 10.2. The number of nitrogens with one attached hydrogen (secondary N) is 1. The van der Waals surface area contributed by atoms with Crippen LogP contribution in [0.25, 0.3) is 0 Å². The van der Waals surface area contributed by atoms with Crippen LogP contribution >= 0.6 is 0 Å². The summed E-state index contributed by atoms with van der Waals surface area (Å²) in [6.07, 6.45) is 2.63. The Balaban J connectivity index is 1.61. The molecule has 132 valence electrons. The summed E-state index contributed by atoms with van der Waals surface area (Å²) in [4.78, 5) is 25.4. The van der Waals surface area contributed by atoms with E-state index < -0.39 is 0 Å². The van der Waals surface area contributed by atoms with E-state index in [1.54, 1.807) is 12.3 Å². The number of hydrogen-bond donors (Lipinski definition) is 1. The van der Waals surface area contributed by atoms with Gasteiger partial charge in [0.15, 0.2) is 0 Å². The smallest absolute Gasteiger partial charge is 0.272 e. The molecule has 6 heteroatoms. The lowest BCUT2D eigenvalue weighted by molar-refractivity contribution is 0.0741. The third kappa shape index (κ3) is 4.26. The van der Waals surface area contributed by atoms with Crippen molar-refractivity contribution in [2.75, 3.05) is 42.9 Å². The number of aromatic nitrogens is 2. The highest BCUT2D eigenvalue weighted by Crippen LogP contribution is 2.18. The van der Waals surface area contributed by atoms with Crippen molar-refractivity contribution in [2.24, 2.45) is 0 Å². The first-order chi connectivity index (χ1) is 12.2. The number of hydrogen-bond acceptors (Lipinski definition) is 5. The lowest BCUT2D eigenvalue weighted by Gasteiger charge is -2.36. The van der Waals surface area contributed by atoms with E-state index in [0.29, 0.717) is 24.7 Å². The van der Waals surface area contributed by atoms with Gasteiger partial charge in [0.1, 0.15) is 5.69 Å². The molecule has 6 nitrogen and oxygen atoms in total. The van der Waals surface area contributed by atoms with Crippen molar-refractivity contribution in [3.8, 4) is 0 Å². The molecule has 0 atom stereocenters. The van der Waals surface area contributed by atoms with Crippen LogP contribution in [-0.4, -0.2) is 53.5 Å². The molecule has 25 heavy (non-hydrogen) atoms. The molecular formula is C19H25N5O. The largest absolute Gasteiger partial charge is 0.368 e. The minimum atomic E-state index is -0.0224. The van der Waals surface area contributed by atoms with Gasteiger partial charge in [0.2, 0.25) is 5.95 Å². The van der Waals surface area contributed by atoms with E-state index in [0.717, 1.165) is 26.1 Å². The average molecular weight is 339 g/mol. The fourth-order valence-corrected chi connectivity index (χ4v) is 2.95. The van der Waals surface area contributed by atoms with E-state index in [1.165, 1.54) is 11.3 Å². The number of rotatable bonds is 5. The molecule has 0 spiro atoms. The maximum Gasteiger partial charge on any atom is 0.272 e. The number of aryl methyl sites for hydroxylation is 1. The quantitative estimate of drug-likeness (QED) is 0.907. The van der Waals surface area contributed by atoms with Gasteiger partial charge in [-0.3, -0.25) is 4.79 Å². The molecule has 1 N–H and O–H groups in total. The summed E-state index contributed by atoms with van der Waals surface area (Å²) in [6.45, 7) is 8.05. The highest BCUT2D eigenvalue weighted by Gasteiger charge is 2.23. The zero-order chi connectivity index (χ0) is 17.6. The van der Waals surface area contributed by atoms with Crippen LogP contribution in [-0.2, 0) is 0 Å². The molecule has 1 aliphatic heterocycles. The predicted octanol–water partition coefficient (Wildman–Crippen LogP) is 2.57. The first-order valence-electron chi connectivity index (χ1n) is 8.85. The summed E-state index contributed by atoms with van der Waals surface area (Å²) in [5.74, 6) is 0.497. The highest BCUT2D eigenvalue weighted by molar-refractivity contribution is 5.92. The van der Waals surface area contributed by atoms with E-state index in [1.807, 2.05) is 4.90 Å². The van der Waals surface area contributed by atoms with Crippen molar-refractivity contribution in [1.29, 1.82) is 0 Å². The van der Waals surface area contributed by atoms with Gasteiger partial charge in [-0.05, 0) is 37.1 Å². The van der Waals surface area contributed by atoms with Crippen LogP contribution in [0.3, 0.4) is 0 Å². The molecule has 1 amide bonds. The molecule has 0 aliphatic carbocycles. The summed E-state index contributed by atoms with van der Waals surface area (Å²) in [5.41, 5.74) is 2.93. The Kier molecular flexibility index (Phi) is 5.48. The average Bonchev–Trinajstić information content (AvgIpc) is 2.66. The minimum absolute atomic E-state index is 0.0224. The van der Waals surface area contributed by atoms with Gasteiger partial charge in [-0.15, -0.1) is 0 Å². The summed E-state index contributed by atoms with van der Waals surface area (Å²) in [5, 5.41) is 3.13. The van der Waals surface area contributed by atoms with Crippen molar-refractivity contribution >= 4 is 17.5 Å². The Morgan fingerprint density at radius 1 is 1.20 bits per heavy atom. The van der Waals surface area contributed by atoms with Crippen molar-refractivity contribution in [1.82, 2.24) is 14.9 Å². The van der Waals surface area contributed by atoms with Crippen molar-refractivity contribution in [3.05, 3.63) is 47.8 Å². The second-order valence-electron chi connectivity index (χ2n) is 6.31.